The Labute approximate surface area is 144 Å². The largest absolute Gasteiger partial charge is 0.367 e. The van der Waals surface area contributed by atoms with E-state index in [0.717, 1.165) is 5.69 Å². The van der Waals surface area contributed by atoms with Gasteiger partial charge in [-0.05, 0) is 36.4 Å². The molecule has 0 saturated heterocycles. The van der Waals surface area contributed by atoms with E-state index in [1.54, 1.807) is 36.8 Å². The molecule has 126 valence electrons. The zero-order valence-electron chi connectivity index (χ0n) is 13.4. The Morgan fingerprint density at radius 1 is 0.880 bits per heavy atom. The Kier molecular flexibility index (Phi) is 5.44. The third-order valence-corrected chi connectivity index (χ3v) is 3.23. The predicted molar refractivity (Wildman–Crippen MR) is 94.6 cm³/mol. The van der Waals surface area contributed by atoms with E-state index < -0.39 is 0 Å². The van der Waals surface area contributed by atoms with E-state index >= 15 is 0 Å². The summed E-state index contributed by atoms with van der Waals surface area (Å²) in [5, 5.41) is 17.2. The van der Waals surface area contributed by atoms with Gasteiger partial charge in [0, 0.05) is 37.4 Å². The number of nitrogens with zero attached hydrogens (tertiary/aromatic N) is 4. The number of pyridine rings is 2. The first-order chi connectivity index (χ1) is 12.3. The second-order valence-electron chi connectivity index (χ2n) is 5.06. The topological polar surface area (TPSA) is 105 Å². The fourth-order valence-electron chi connectivity index (χ4n) is 2.03. The number of aromatic nitrogens is 4. The maximum Gasteiger partial charge on any atom is 0.269 e. The Balaban J connectivity index is 1.42. The van der Waals surface area contributed by atoms with E-state index in [0.29, 0.717) is 30.4 Å². The van der Waals surface area contributed by atoms with Gasteiger partial charge in [0.2, 0.25) is 0 Å². The van der Waals surface area contributed by atoms with Crippen molar-refractivity contribution in [3.63, 3.8) is 0 Å². The van der Waals surface area contributed by atoms with Crippen LogP contribution < -0.4 is 16.0 Å². The number of rotatable bonds is 7. The second kappa shape index (κ2) is 8.34. The smallest absolute Gasteiger partial charge is 0.269 e. The molecule has 0 spiro atoms. The van der Waals surface area contributed by atoms with Crippen molar-refractivity contribution in [3.8, 4) is 0 Å². The van der Waals surface area contributed by atoms with Crippen LogP contribution >= 0.6 is 0 Å². The van der Waals surface area contributed by atoms with E-state index in [9.17, 15) is 4.79 Å². The lowest BCUT2D eigenvalue weighted by molar-refractivity contribution is 0.0950. The first-order valence-electron chi connectivity index (χ1n) is 7.75. The van der Waals surface area contributed by atoms with Crippen LogP contribution in [-0.2, 0) is 0 Å². The summed E-state index contributed by atoms with van der Waals surface area (Å²) in [5.74, 6) is 1.07. The van der Waals surface area contributed by atoms with E-state index in [2.05, 4.69) is 36.1 Å². The molecule has 0 radical (unpaired) electrons. The summed E-state index contributed by atoms with van der Waals surface area (Å²) in [6, 6.07) is 12.5. The van der Waals surface area contributed by atoms with Gasteiger partial charge >= 0.3 is 0 Å². The SMILES string of the molecule is O=C(NCCNc1ccc(Nc2ccncc2)nn1)c1ccccn1. The predicted octanol–water partition coefficient (Wildman–Crippen LogP) is 1.85. The number of hydrogen-bond acceptors (Lipinski definition) is 7. The Morgan fingerprint density at radius 3 is 2.40 bits per heavy atom. The molecule has 0 unspecified atom stereocenters. The zero-order valence-corrected chi connectivity index (χ0v) is 13.4. The molecule has 3 rings (SSSR count). The fourth-order valence-corrected chi connectivity index (χ4v) is 2.03. The summed E-state index contributed by atoms with van der Waals surface area (Å²) in [7, 11) is 0. The highest BCUT2D eigenvalue weighted by Gasteiger charge is 2.04. The maximum atomic E-state index is 11.8. The van der Waals surface area contributed by atoms with Crippen molar-refractivity contribution < 1.29 is 4.79 Å². The van der Waals surface area contributed by atoms with Crippen LogP contribution in [0.2, 0.25) is 0 Å². The van der Waals surface area contributed by atoms with Gasteiger partial charge in [-0.15, -0.1) is 10.2 Å². The molecule has 0 atom stereocenters. The fraction of sp³-hybridized carbons (Fsp3) is 0.118. The van der Waals surface area contributed by atoms with Crippen molar-refractivity contribution in [2.45, 2.75) is 0 Å². The minimum Gasteiger partial charge on any atom is -0.367 e. The molecule has 0 saturated carbocycles. The van der Waals surface area contributed by atoms with Gasteiger partial charge in [0.1, 0.15) is 11.5 Å². The van der Waals surface area contributed by atoms with Crippen LogP contribution in [0.3, 0.4) is 0 Å². The number of anilines is 3. The summed E-state index contributed by atoms with van der Waals surface area (Å²) >= 11 is 0. The molecule has 8 nitrogen and oxygen atoms in total. The molecule has 3 heterocycles. The maximum absolute atomic E-state index is 11.8. The van der Waals surface area contributed by atoms with Crippen molar-refractivity contribution in [1.29, 1.82) is 0 Å². The van der Waals surface area contributed by atoms with Gasteiger partial charge in [0.05, 0.1) is 0 Å². The lowest BCUT2D eigenvalue weighted by Crippen LogP contribution is -2.29. The number of carbonyl (C=O) groups excluding carboxylic acids is 1. The normalized spacial score (nSPS) is 10.1. The average Bonchev–Trinajstić information content (AvgIpc) is 2.68. The Hall–Kier alpha value is -3.55. The second-order valence-corrected chi connectivity index (χ2v) is 5.06. The van der Waals surface area contributed by atoms with Crippen molar-refractivity contribution in [1.82, 2.24) is 25.5 Å². The minimum atomic E-state index is -0.203. The van der Waals surface area contributed by atoms with Crippen LogP contribution in [-0.4, -0.2) is 39.2 Å². The summed E-state index contributed by atoms with van der Waals surface area (Å²) in [6.45, 7) is 0.985. The van der Waals surface area contributed by atoms with Crippen molar-refractivity contribution >= 4 is 23.2 Å². The summed E-state index contributed by atoms with van der Waals surface area (Å²) in [5.41, 5.74) is 1.29. The molecule has 0 aliphatic rings. The molecule has 0 aliphatic carbocycles. The Morgan fingerprint density at radius 2 is 1.68 bits per heavy atom. The van der Waals surface area contributed by atoms with Gasteiger partial charge in [-0.1, -0.05) is 6.07 Å². The van der Waals surface area contributed by atoms with Crippen LogP contribution in [0.5, 0.6) is 0 Å². The lowest BCUT2D eigenvalue weighted by Gasteiger charge is -2.08. The number of carbonyl (C=O) groups is 1. The average molecular weight is 335 g/mol. The van der Waals surface area contributed by atoms with Crippen LogP contribution in [0, 0.1) is 0 Å². The van der Waals surface area contributed by atoms with Crippen molar-refractivity contribution in [2.24, 2.45) is 0 Å². The number of hydrogen-bond donors (Lipinski definition) is 3. The molecule has 0 bridgehead atoms. The first kappa shape index (κ1) is 16.3. The van der Waals surface area contributed by atoms with E-state index in [4.69, 9.17) is 0 Å². The molecular formula is C17H17N7O. The Bertz CT molecular complexity index is 794. The quantitative estimate of drug-likeness (QED) is 0.566. The van der Waals surface area contributed by atoms with Gasteiger partial charge in [-0.2, -0.15) is 0 Å². The van der Waals surface area contributed by atoms with Crippen molar-refractivity contribution in [2.75, 3.05) is 23.7 Å². The summed E-state index contributed by atoms with van der Waals surface area (Å²) in [6.07, 6.45) is 4.99. The molecule has 3 N–H and O–H groups in total. The lowest BCUT2D eigenvalue weighted by atomic mass is 10.3. The third-order valence-electron chi connectivity index (χ3n) is 3.23. The van der Waals surface area contributed by atoms with E-state index in [-0.39, 0.29) is 5.91 Å². The molecule has 0 aromatic carbocycles. The van der Waals surface area contributed by atoms with Gasteiger partial charge in [-0.25, -0.2) is 0 Å². The number of amides is 1. The van der Waals surface area contributed by atoms with Gasteiger partial charge in [0.25, 0.3) is 5.91 Å². The standard InChI is InChI=1S/C17H17N7O/c25-17(14-3-1-2-8-19-14)21-12-11-20-15-4-5-16(24-23-15)22-13-6-9-18-10-7-13/h1-10H,11-12H2,(H,20,23)(H,21,25)(H,18,22,24). The zero-order chi connectivity index (χ0) is 17.3. The van der Waals surface area contributed by atoms with E-state index in [1.807, 2.05) is 24.3 Å². The molecule has 0 aliphatic heterocycles. The van der Waals surface area contributed by atoms with Crippen LogP contribution in [0.25, 0.3) is 0 Å². The first-order valence-corrected chi connectivity index (χ1v) is 7.75. The molecule has 1 amide bonds. The highest BCUT2D eigenvalue weighted by atomic mass is 16.1. The summed E-state index contributed by atoms with van der Waals surface area (Å²) < 4.78 is 0. The van der Waals surface area contributed by atoms with Gasteiger partial charge in [-0.3, -0.25) is 14.8 Å². The highest BCUT2D eigenvalue weighted by molar-refractivity contribution is 5.92. The molecule has 0 fully saturated rings. The molecule has 25 heavy (non-hydrogen) atoms. The van der Waals surface area contributed by atoms with Crippen LogP contribution in [0.1, 0.15) is 10.5 Å². The summed E-state index contributed by atoms with van der Waals surface area (Å²) in [4.78, 5) is 19.8. The van der Waals surface area contributed by atoms with E-state index in [1.165, 1.54) is 0 Å². The molecule has 8 heteroatoms. The number of nitrogens with one attached hydrogen (secondary N) is 3. The highest BCUT2D eigenvalue weighted by Crippen LogP contribution is 2.13. The van der Waals surface area contributed by atoms with Crippen LogP contribution in [0.4, 0.5) is 17.3 Å². The molecular weight excluding hydrogens is 318 g/mol. The van der Waals surface area contributed by atoms with Crippen LogP contribution in [0.15, 0.2) is 61.1 Å². The molecule has 3 aromatic heterocycles. The monoisotopic (exact) mass is 335 g/mol. The molecule has 3 aromatic rings. The minimum absolute atomic E-state index is 0.203. The van der Waals surface area contributed by atoms with Crippen molar-refractivity contribution in [3.05, 3.63) is 66.7 Å². The van der Waals surface area contributed by atoms with Gasteiger partial charge in [0.15, 0.2) is 5.82 Å². The van der Waals surface area contributed by atoms with Gasteiger partial charge < -0.3 is 16.0 Å². The third kappa shape index (κ3) is 4.96.